The molecule has 1 atom stereocenters. The first kappa shape index (κ1) is 20.7. The average molecular weight is 423 g/mol. The van der Waals surface area contributed by atoms with Crippen molar-refractivity contribution in [1.29, 1.82) is 0 Å². The summed E-state index contributed by atoms with van der Waals surface area (Å²) >= 11 is 1.46. The molecule has 2 fully saturated rings. The third kappa shape index (κ3) is 4.62. The zero-order chi connectivity index (χ0) is 20.4. The molecule has 29 heavy (non-hydrogen) atoms. The van der Waals surface area contributed by atoms with Crippen LogP contribution in [0.15, 0.2) is 18.2 Å². The first-order valence-corrected chi connectivity index (χ1v) is 11.3. The molecular formula is C22H28F2N2O2S. The van der Waals surface area contributed by atoms with Crippen LogP contribution in [0.5, 0.6) is 5.75 Å². The zero-order valence-corrected chi connectivity index (χ0v) is 17.6. The fourth-order valence-electron chi connectivity index (χ4n) is 4.46. The summed E-state index contributed by atoms with van der Waals surface area (Å²) in [6, 6.07) is 4.19. The Bertz CT molecular complexity index is 853. The summed E-state index contributed by atoms with van der Waals surface area (Å²) in [6.45, 7) is 4.07. The van der Waals surface area contributed by atoms with Crippen LogP contribution in [0.25, 0.3) is 0 Å². The number of hydrogen-bond acceptors (Lipinski definition) is 5. The molecular weight excluding hydrogens is 394 g/mol. The van der Waals surface area contributed by atoms with E-state index in [-0.39, 0.29) is 12.4 Å². The highest BCUT2D eigenvalue weighted by Gasteiger charge is 2.37. The molecule has 0 spiro atoms. The topological polar surface area (TPSA) is 45.6 Å². The van der Waals surface area contributed by atoms with Crippen molar-refractivity contribution >= 4 is 11.3 Å². The van der Waals surface area contributed by atoms with Gasteiger partial charge in [0.15, 0.2) is 11.6 Å². The standard InChI is InChI=1S/C22H28F2N2O2S/c1-15-20(14-28-17-7-8-18(23)19(24)13-17)29-21(25-15)22(27)9-4-11-26(12-10-22)16-5-2-3-6-16/h7-8,13,16,27H,2-6,9-12,14H2,1H3/t22-/m1/s1. The molecule has 158 valence electrons. The predicted octanol–water partition coefficient (Wildman–Crippen LogP) is 4.92. The lowest BCUT2D eigenvalue weighted by molar-refractivity contribution is 0.0196. The predicted molar refractivity (Wildman–Crippen MR) is 109 cm³/mol. The van der Waals surface area contributed by atoms with E-state index in [0.717, 1.165) is 47.2 Å². The number of nitrogens with zero attached hydrogens (tertiary/aromatic N) is 2. The van der Waals surface area contributed by atoms with Gasteiger partial charge in [-0.25, -0.2) is 13.8 Å². The number of thiazole rings is 1. The Labute approximate surface area is 174 Å². The normalized spacial score (nSPS) is 24.0. The van der Waals surface area contributed by atoms with Crippen molar-refractivity contribution in [2.24, 2.45) is 0 Å². The molecule has 1 aromatic heterocycles. The van der Waals surface area contributed by atoms with Crippen LogP contribution >= 0.6 is 11.3 Å². The number of likely N-dealkylation sites (tertiary alicyclic amines) is 1. The Balaban J connectivity index is 1.42. The number of aliphatic hydroxyl groups is 1. The first-order valence-electron chi connectivity index (χ1n) is 10.5. The van der Waals surface area contributed by atoms with Crippen molar-refractivity contribution in [1.82, 2.24) is 9.88 Å². The van der Waals surface area contributed by atoms with Gasteiger partial charge in [-0.1, -0.05) is 12.8 Å². The highest BCUT2D eigenvalue weighted by Crippen LogP contribution is 2.38. The van der Waals surface area contributed by atoms with Gasteiger partial charge in [0, 0.05) is 18.7 Å². The van der Waals surface area contributed by atoms with Gasteiger partial charge in [0.05, 0.1) is 10.6 Å². The Hall–Kier alpha value is -1.57. The van der Waals surface area contributed by atoms with E-state index < -0.39 is 17.2 Å². The quantitative estimate of drug-likeness (QED) is 0.743. The molecule has 1 saturated heterocycles. The highest BCUT2D eigenvalue weighted by atomic mass is 32.1. The average Bonchev–Trinajstić information content (AvgIpc) is 3.31. The Morgan fingerprint density at radius 3 is 2.72 bits per heavy atom. The summed E-state index contributed by atoms with van der Waals surface area (Å²) in [5.41, 5.74) is -0.0823. The van der Waals surface area contributed by atoms with E-state index in [2.05, 4.69) is 9.88 Å². The van der Waals surface area contributed by atoms with E-state index in [1.807, 2.05) is 6.92 Å². The van der Waals surface area contributed by atoms with Gasteiger partial charge in [0.25, 0.3) is 0 Å². The number of aromatic nitrogens is 1. The van der Waals surface area contributed by atoms with Crippen molar-refractivity contribution in [3.8, 4) is 5.75 Å². The molecule has 1 aliphatic carbocycles. The zero-order valence-electron chi connectivity index (χ0n) is 16.8. The Kier molecular flexibility index (Phi) is 6.18. The van der Waals surface area contributed by atoms with Gasteiger partial charge in [-0.2, -0.15) is 0 Å². The fourth-order valence-corrected chi connectivity index (χ4v) is 5.59. The lowest BCUT2D eigenvalue weighted by Crippen LogP contribution is -2.35. The van der Waals surface area contributed by atoms with Gasteiger partial charge in [0.2, 0.25) is 0 Å². The maximum atomic E-state index is 13.4. The molecule has 4 nitrogen and oxygen atoms in total. The number of rotatable bonds is 5. The molecule has 1 N–H and O–H groups in total. The summed E-state index contributed by atoms with van der Waals surface area (Å²) in [7, 11) is 0. The van der Waals surface area contributed by atoms with E-state index in [4.69, 9.17) is 4.74 Å². The van der Waals surface area contributed by atoms with Crippen LogP contribution in [0.4, 0.5) is 8.78 Å². The van der Waals surface area contributed by atoms with Crippen LogP contribution in [0, 0.1) is 18.6 Å². The van der Waals surface area contributed by atoms with Gasteiger partial charge in [-0.15, -0.1) is 11.3 Å². The van der Waals surface area contributed by atoms with Crippen molar-refractivity contribution in [2.45, 2.75) is 70.1 Å². The molecule has 2 heterocycles. The summed E-state index contributed by atoms with van der Waals surface area (Å²) in [4.78, 5) is 8.10. The lowest BCUT2D eigenvalue weighted by atomic mass is 9.96. The molecule has 1 aliphatic heterocycles. The Morgan fingerprint density at radius 1 is 1.17 bits per heavy atom. The summed E-state index contributed by atoms with van der Waals surface area (Å²) in [6.07, 6.45) is 7.57. The molecule has 0 radical (unpaired) electrons. The number of benzene rings is 1. The van der Waals surface area contributed by atoms with Gasteiger partial charge in [-0.05, 0) is 57.7 Å². The minimum atomic E-state index is -0.927. The van der Waals surface area contributed by atoms with E-state index in [1.54, 1.807) is 0 Å². The molecule has 2 aromatic rings. The van der Waals surface area contributed by atoms with Crippen LogP contribution in [0.3, 0.4) is 0 Å². The summed E-state index contributed by atoms with van der Waals surface area (Å²) < 4.78 is 32.1. The SMILES string of the molecule is Cc1nc([C@@]2(O)CCCN(C3CCCC3)CC2)sc1COc1ccc(F)c(F)c1. The number of ether oxygens (including phenoxy) is 1. The molecule has 0 bridgehead atoms. The molecule has 0 amide bonds. The van der Waals surface area contributed by atoms with Crippen LogP contribution < -0.4 is 4.74 Å². The number of halogens is 2. The van der Waals surface area contributed by atoms with Gasteiger partial charge in [0.1, 0.15) is 23.0 Å². The maximum absolute atomic E-state index is 13.4. The van der Waals surface area contributed by atoms with E-state index >= 15 is 0 Å². The minimum absolute atomic E-state index is 0.221. The van der Waals surface area contributed by atoms with Crippen molar-refractivity contribution in [2.75, 3.05) is 13.1 Å². The second-order valence-corrected chi connectivity index (χ2v) is 9.34. The lowest BCUT2D eigenvalue weighted by Gasteiger charge is -2.28. The number of aryl methyl sites for hydroxylation is 1. The van der Waals surface area contributed by atoms with Gasteiger partial charge in [-0.3, -0.25) is 0 Å². The van der Waals surface area contributed by atoms with Gasteiger partial charge >= 0.3 is 0 Å². The van der Waals surface area contributed by atoms with E-state index in [1.165, 1.54) is 43.1 Å². The molecule has 7 heteroatoms. The summed E-state index contributed by atoms with van der Waals surface area (Å²) in [5, 5.41) is 12.1. The fraction of sp³-hybridized carbons (Fsp3) is 0.591. The maximum Gasteiger partial charge on any atom is 0.162 e. The number of hydrogen-bond donors (Lipinski definition) is 1. The van der Waals surface area contributed by atoms with Crippen LogP contribution in [-0.4, -0.2) is 34.1 Å². The second-order valence-electron chi connectivity index (χ2n) is 8.25. The van der Waals surface area contributed by atoms with Crippen molar-refractivity contribution < 1.29 is 18.6 Å². The monoisotopic (exact) mass is 422 g/mol. The third-order valence-corrected chi connectivity index (χ3v) is 7.57. The van der Waals surface area contributed by atoms with Crippen LogP contribution in [0.1, 0.15) is 60.5 Å². The molecule has 0 unspecified atom stereocenters. The Morgan fingerprint density at radius 2 is 1.97 bits per heavy atom. The second kappa shape index (κ2) is 8.66. The smallest absolute Gasteiger partial charge is 0.162 e. The van der Waals surface area contributed by atoms with E-state index in [9.17, 15) is 13.9 Å². The molecule has 1 saturated carbocycles. The van der Waals surface area contributed by atoms with Crippen LogP contribution in [-0.2, 0) is 12.2 Å². The molecule has 2 aliphatic rings. The van der Waals surface area contributed by atoms with Gasteiger partial charge < -0.3 is 14.7 Å². The minimum Gasteiger partial charge on any atom is -0.488 e. The van der Waals surface area contributed by atoms with Crippen molar-refractivity contribution in [3.63, 3.8) is 0 Å². The van der Waals surface area contributed by atoms with Crippen LogP contribution in [0.2, 0.25) is 0 Å². The van der Waals surface area contributed by atoms with Crippen molar-refractivity contribution in [3.05, 3.63) is 45.4 Å². The van der Waals surface area contributed by atoms with E-state index in [0.29, 0.717) is 18.9 Å². The molecule has 1 aromatic carbocycles. The highest BCUT2D eigenvalue weighted by molar-refractivity contribution is 7.11. The first-order chi connectivity index (χ1) is 13.9. The third-order valence-electron chi connectivity index (χ3n) is 6.24. The largest absolute Gasteiger partial charge is 0.488 e. The summed E-state index contributed by atoms with van der Waals surface area (Å²) in [5.74, 6) is -1.54. The molecule has 4 rings (SSSR count).